The van der Waals surface area contributed by atoms with Crippen molar-refractivity contribution in [3.8, 4) is 0 Å². The third kappa shape index (κ3) is 4.37. The van der Waals surface area contributed by atoms with E-state index < -0.39 is 15.6 Å². The Morgan fingerprint density at radius 2 is 1.90 bits per heavy atom. The minimum absolute atomic E-state index is 0.247. The summed E-state index contributed by atoms with van der Waals surface area (Å²) in [5, 5.41) is 6.88. The second-order valence-corrected chi connectivity index (χ2v) is 10.3. The van der Waals surface area contributed by atoms with Crippen molar-refractivity contribution in [3.63, 3.8) is 0 Å². The number of aliphatic imine (C=N–C) groups is 1. The van der Waals surface area contributed by atoms with Crippen LogP contribution in [0.3, 0.4) is 0 Å². The van der Waals surface area contributed by atoms with Crippen molar-refractivity contribution >= 4 is 15.9 Å². The zero-order chi connectivity index (χ0) is 22.1. The first-order valence-corrected chi connectivity index (χ1v) is 12.1. The third-order valence-corrected chi connectivity index (χ3v) is 8.29. The molecule has 0 aromatic heterocycles. The molecular formula is C23H29FN4O2S. The maximum atomic E-state index is 14.0. The van der Waals surface area contributed by atoms with Gasteiger partial charge < -0.3 is 10.6 Å². The highest BCUT2D eigenvalue weighted by atomic mass is 32.2. The predicted octanol–water partition coefficient (Wildman–Crippen LogP) is 2.76. The molecule has 0 bridgehead atoms. The fourth-order valence-electron chi connectivity index (χ4n) is 4.49. The molecule has 1 spiro atoms. The lowest BCUT2D eigenvalue weighted by Crippen LogP contribution is -2.64. The van der Waals surface area contributed by atoms with Gasteiger partial charge in [0.05, 0.1) is 17.0 Å². The minimum Gasteiger partial charge on any atom is -0.368 e. The van der Waals surface area contributed by atoms with E-state index in [0.717, 1.165) is 23.5 Å². The highest BCUT2D eigenvalue weighted by molar-refractivity contribution is 7.89. The molecule has 8 heteroatoms. The van der Waals surface area contributed by atoms with Gasteiger partial charge in [-0.15, -0.1) is 0 Å². The van der Waals surface area contributed by atoms with Gasteiger partial charge >= 0.3 is 0 Å². The number of hydrogen-bond acceptors (Lipinski definition) is 5. The van der Waals surface area contributed by atoms with Crippen molar-refractivity contribution in [3.05, 3.63) is 65.0 Å². The van der Waals surface area contributed by atoms with Crippen LogP contribution in [-0.4, -0.2) is 50.3 Å². The lowest BCUT2D eigenvalue weighted by Gasteiger charge is -2.44. The molecule has 2 aromatic rings. The number of piperidine rings is 1. The monoisotopic (exact) mass is 444 g/mol. The Kier molecular flexibility index (Phi) is 6.14. The normalized spacial score (nSPS) is 19.3. The van der Waals surface area contributed by atoms with Gasteiger partial charge in [-0.1, -0.05) is 35.9 Å². The molecule has 2 aliphatic heterocycles. The van der Waals surface area contributed by atoms with Crippen LogP contribution in [-0.2, 0) is 16.6 Å². The Morgan fingerprint density at radius 1 is 1.16 bits per heavy atom. The summed E-state index contributed by atoms with van der Waals surface area (Å²) >= 11 is 0. The van der Waals surface area contributed by atoms with Crippen LogP contribution in [0.5, 0.6) is 0 Å². The average molecular weight is 445 g/mol. The van der Waals surface area contributed by atoms with Gasteiger partial charge in [0.15, 0.2) is 0 Å². The minimum atomic E-state index is -3.55. The second kappa shape index (κ2) is 8.68. The first-order chi connectivity index (χ1) is 14.8. The number of amidine groups is 1. The summed E-state index contributed by atoms with van der Waals surface area (Å²) in [6, 6.07) is 12.1. The summed E-state index contributed by atoms with van der Waals surface area (Å²) in [6.07, 6.45) is 1.22. The van der Waals surface area contributed by atoms with E-state index in [2.05, 4.69) is 15.6 Å². The maximum absolute atomic E-state index is 14.0. The number of rotatable bonds is 4. The van der Waals surface area contributed by atoms with Crippen LogP contribution >= 0.6 is 0 Å². The fourth-order valence-corrected chi connectivity index (χ4v) is 6.14. The molecule has 0 saturated carbocycles. The molecule has 2 N–H and O–H groups in total. The van der Waals surface area contributed by atoms with Gasteiger partial charge in [0.1, 0.15) is 11.7 Å². The number of nitrogens with one attached hydrogen (secondary N) is 2. The molecule has 0 unspecified atom stereocenters. The molecule has 2 heterocycles. The van der Waals surface area contributed by atoms with Crippen LogP contribution in [0.25, 0.3) is 0 Å². The predicted molar refractivity (Wildman–Crippen MR) is 120 cm³/mol. The number of sulfonamides is 1. The largest absolute Gasteiger partial charge is 0.368 e. The summed E-state index contributed by atoms with van der Waals surface area (Å²) in [7, 11) is -3.55. The van der Waals surface area contributed by atoms with Crippen molar-refractivity contribution in [2.24, 2.45) is 4.99 Å². The van der Waals surface area contributed by atoms with Crippen molar-refractivity contribution in [2.75, 3.05) is 26.2 Å². The molecule has 0 aliphatic carbocycles. The van der Waals surface area contributed by atoms with E-state index in [1.54, 1.807) is 22.5 Å². The quantitative estimate of drug-likeness (QED) is 0.761. The smallest absolute Gasteiger partial charge is 0.243 e. The molecule has 6 nitrogen and oxygen atoms in total. The Labute approximate surface area is 183 Å². The molecule has 0 atom stereocenters. The van der Waals surface area contributed by atoms with E-state index >= 15 is 0 Å². The van der Waals surface area contributed by atoms with Crippen molar-refractivity contribution in [1.82, 2.24) is 14.9 Å². The fraction of sp³-hybridized carbons (Fsp3) is 0.435. The Bertz CT molecular complexity index is 1090. The number of halogens is 1. The van der Waals surface area contributed by atoms with E-state index in [1.165, 1.54) is 6.07 Å². The average Bonchev–Trinajstić information content (AvgIpc) is 2.74. The number of aryl methyl sites for hydroxylation is 2. The molecule has 2 aliphatic rings. The van der Waals surface area contributed by atoms with Crippen LogP contribution in [0.4, 0.5) is 4.39 Å². The Balaban J connectivity index is 1.48. The van der Waals surface area contributed by atoms with Gasteiger partial charge in [0.25, 0.3) is 0 Å². The molecular weight excluding hydrogens is 415 g/mol. The zero-order valence-electron chi connectivity index (χ0n) is 18.0. The van der Waals surface area contributed by atoms with Crippen molar-refractivity contribution < 1.29 is 12.8 Å². The summed E-state index contributed by atoms with van der Waals surface area (Å²) in [6.45, 7) is 6.34. The second-order valence-electron chi connectivity index (χ2n) is 8.36. The topological polar surface area (TPSA) is 73.8 Å². The van der Waals surface area contributed by atoms with Crippen molar-refractivity contribution in [2.45, 2.75) is 43.7 Å². The third-order valence-electron chi connectivity index (χ3n) is 6.23. The first kappa shape index (κ1) is 21.9. The number of nitrogens with zero attached hydrogens (tertiary/aromatic N) is 2. The highest BCUT2D eigenvalue weighted by Gasteiger charge is 2.43. The van der Waals surface area contributed by atoms with Gasteiger partial charge in [-0.2, -0.15) is 4.31 Å². The van der Waals surface area contributed by atoms with E-state index in [0.29, 0.717) is 49.5 Å². The molecule has 2 aromatic carbocycles. The molecule has 1 fully saturated rings. The van der Waals surface area contributed by atoms with Crippen LogP contribution in [0, 0.1) is 19.7 Å². The standard InChI is InChI=1S/C23H29FN4O2S/c1-17-7-8-21(18(2)15-17)31(29,30)28-13-9-23(10-14-28)22(25-11-12-27-23)26-16-19-5-3-4-6-20(19)24/h3-8,15,27H,9-14,16H2,1-2H3,(H,25,26). The first-order valence-electron chi connectivity index (χ1n) is 10.7. The van der Waals surface area contributed by atoms with Crippen LogP contribution in [0.15, 0.2) is 52.4 Å². The maximum Gasteiger partial charge on any atom is 0.243 e. The highest BCUT2D eigenvalue weighted by Crippen LogP contribution is 2.30. The molecule has 4 rings (SSSR count). The van der Waals surface area contributed by atoms with Crippen LogP contribution in [0.1, 0.15) is 29.5 Å². The lowest BCUT2D eigenvalue weighted by molar-refractivity contribution is 0.241. The van der Waals surface area contributed by atoms with Crippen molar-refractivity contribution in [1.29, 1.82) is 0 Å². The number of hydrogen-bond donors (Lipinski definition) is 2. The Hall–Kier alpha value is -2.29. The lowest BCUT2D eigenvalue weighted by atomic mass is 9.85. The van der Waals surface area contributed by atoms with Gasteiger partial charge in [0, 0.05) is 31.7 Å². The van der Waals surface area contributed by atoms with Gasteiger partial charge in [-0.05, 0) is 44.4 Å². The number of benzene rings is 2. The molecule has 31 heavy (non-hydrogen) atoms. The SMILES string of the molecule is Cc1ccc(S(=O)(=O)N2CCC3(CC2)NCCN=C3NCc2ccccc2F)c(C)c1. The van der Waals surface area contributed by atoms with Gasteiger partial charge in [-0.25, -0.2) is 12.8 Å². The van der Waals surface area contributed by atoms with Crippen LogP contribution in [0.2, 0.25) is 0 Å². The molecule has 1 saturated heterocycles. The zero-order valence-corrected chi connectivity index (χ0v) is 18.8. The van der Waals surface area contributed by atoms with Gasteiger partial charge in [-0.3, -0.25) is 4.99 Å². The summed E-state index contributed by atoms with van der Waals surface area (Å²) in [5.74, 6) is 0.549. The van der Waals surface area contributed by atoms with E-state index in [4.69, 9.17) is 0 Å². The summed E-state index contributed by atoms with van der Waals surface area (Å²) < 4.78 is 42.1. The summed E-state index contributed by atoms with van der Waals surface area (Å²) in [5.41, 5.74) is 1.99. The van der Waals surface area contributed by atoms with E-state index in [-0.39, 0.29) is 5.82 Å². The Morgan fingerprint density at radius 3 is 2.61 bits per heavy atom. The van der Waals surface area contributed by atoms with E-state index in [1.807, 2.05) is 32.0 Å². The molecule has 166 valence electrons. The molecule has 0 radical (unpaired) electrons. The van der Waals surface area contributed by atoms with E-state index in [9.17, 15) is 12.8 Å². The molecule has 0 amide bonds. The summed E-state index contributed by atoms with van der Waals surface area (Å²) in [4.78, 5) is 5.05. The van der Waals surface area contributed by atoms with Gasteiger partial charge in [0.2, 0.25) is 10.0 Å². The van der Waals surface area contributed by atoms with Crippen LogP contribution < -0.4 is 10.6 Å².